The fourth-order valence-electron chi connectivity index (χ4n) is 0. The Labute approximate surface area is 99.8 Å². The normalized spacial score (nSPS) is 10.8. The molecule has 0 saturated carbocycles. The Balaban J connectivity index is -0.000000107. The van der Waals surface area contributed by atoms with E-state index < -0.39 is 16.9 Å². The van der Waals surface area contributed by atoms with Gasteiger partial charge in [0.2, 0.25) is 0 Å². The van der Waals surface area contributed by atoms with Crippen LogP contribution < -0.4 is 9.79 Å². The van der Waals surface area contributed by atoms with Crippen molar-refractivity contribution in [3.8, 4) is 0 Å². The first-order chi connectivity index (χ1) is 4.00. The number of phosphoric acid groups is 1. The summed E-state index contributed by atoms with van der Waals surface area (Å²) >= 11 is 0. The van der Waals surface area contributed by atoms with Crippen LogP contribution in [0, 0.1) is 0 Å². The van der Waals surface area contributed by atoms with Gasteiger partial charge < -0.3 is 38.4 Å². The molecule has 0 bridgehead atoms. The third-order valence-corrected chi connectivity index (χ3v) is 0. The second-order valence-corrected chi connectivity index (χ2v) is 3.21. The van der Waals surface area contributed by atoms with Gasteiger partial charge in [-0.2, -0.15) is 0 Å². The summed E-state index contributed by atoms with van der Waals surface area (Å²) in [5.41, 5.74) is 0. The fourth-order valence-corrected chi connectivity index (χ4v) is 0. The molecule has 0 aliphatic heterocycles. The summed E-state index contributed by atoms with van der Waals surface area (Å²) in [6.07, 6.45) is 0. The standard InChI is InChI=1S/H3O4P.H4O4Si.Sr/c2*1-5(2,3)4;/h(H3,1,2,3,4);1-4H;/q;;+2/p-2. The maximum absolute atomic E-state index is 8.66. The van der Waals surface area contributed by atoms with Crippen LogP contribution in [0.2, 0.25) is 0 Å². The van der Waals surface area contributed by atoms with Crippen LogP contribution >= 0.6 is 7.82 Å². The maximum Gasteiger partial charge on any atom is 2.00 e. The van der Waals surface area contributed by atoms with Crippen molar-refractivity contribution in [2.24, 2.45) is 0 Å². The van der Waals surface area contributed by atoms with E-state index in [1.54, 1.807) is 0 Å². The predicted molar refractivity (Wildman–Crippen MR) is 30.2 cm³/mol. The van der Waals surface area contributed by atoms with Gasteiger partial charge in [-0.05, 0) is 0 Å². The van der Waals surface area contributed by atoms with Gasteiger partial charge in [0.15, 0.2) is 0 Å². The van der Waals surface area contributed by atoms with Crippen LogP contribution in [0.4, 0.5) is 0 Å². The van der Waals surface area contributed by atoms with Crippen LogP contribution in [0.3, 0.4) is 0 Å². The zero-order valence-corrected chi connectivity index (χ0v) is 10.5. The maximum atomic E-state index is 8.66. The SMILES string of the molecule is O=P([O-])([O-])O.O[Si](O)(O)O.[Sr+2]. The summed E-state index contributed by atoms with van der Waals surface area (Å²) in [7, 11) is -9.75. The molecule has 0 unspecified atom stereocenters. The van der Waals surface area contributed by atoms with Gasteiger partial charge in [-0.1, -0.05) is 0 Å². The van der Waals surface area contributed by atoms with E-state index in [0.717, 1.165) is 0 Å². The van der Waals surface area contributed by atoms with Crippen molar-refractivity contribution >= 4 is 62.4 Å². The molecule has 0 spiro atoms. The Morgan fingerprint density at radius 2 is 1.09 bits per heavy atom. The summed E-state index contributed by atoms with van der Waals surface area (Å²) in [4.78, 5) is 53.6. The van der Waals surface area contributed by atoms with Gasteiger partial charge in [-0.25, -0.2) is 0 Å². The molecule has 0 aromatic carbocycles. The van der Waals surface area contributed by atoms with Crippen molar-refractivity contribution in [3.05, 3.63) is 0 Å². The molecule has 0 heterocycles. The van der Waals surface area contributed by atoms with E-state index in [1.807, 2.05) is 0 Å². The van der Waals surface area contributed by atoms with Crippen LogP contribution in [-0.2, 0) is 4.57 Å². The number of rotatable bonds is 0. The molecule has 0 aliphatic rings. The summed E-state index contributed by atoms with van der Waals surface area (Å²) in [6.45, 7) is 0. The van der Waals surface area contributed by atoms with E-state index in [2.05, 4.69) is 0 Å². The van der Waals surface area contributed by atoms with Crippen molar-refractivity contribution in [2.75, 3.05) is 0 Å². The molecule has 64 valence electrons. The molecule has 0 saturated heterocycles. The first-order valence-electron chi connectivity index (χ1n) is 1.64. The third kappa shape index (κ3) is 399. The summed E-state index contributed by atoms with van der Waals surface area (Å²) in [6, 6.07) is 0. The molecule has 5 N–H and O–H groups in total. The van der Waals surface area contributed by atoms with Gasteiger partial charge in [0, 0.05) is 0 Å². The van der Waals surface area contributed by atoms with Crippen LogP contribution in [0.15, 0.2) is 0 Å². The largest absolute Gasteiger partial charge is 2.00 e. The van der Waals surface area contributed by atoms with Crippen molar-refractivity contribution in [3.63, 3.8) is 0 Å². The molecule has 0 amide bonds. The van der Waals surface area contributed by atoms with Crippen LogP contribution in [0.1, 0.15) is 0 Å². The zero-order chi connectivity index (χ0) is 9.00. The van der Waals surface area contributed by atoms with E-state index >= 15 is 0 Å². The third-order valence-electron chi connectivity index (χ3n) is 0. The van der Waals surface area contributed by atoms with Gasteiger partial charge >= 0.3 is 54.5 Å². The van der Waals surface area contributed by atoms with Gasteiger partial charge in [-0.3, -0.25) is 0 Å². The van der Waals surface area contributed by atoms with Crippen molar-refractivity contribution in [1.29, 1.82) is 0 Å². The Hall–Kier alpha value is 1.65. The fraction of sp³-hybridized carbons (Fsp3) is 0. The minimum atomic E-state index is -5.14. The molecule has 0 rings (SSSR count). The van der Waals surface area contributed by atoms with Crippen LogP contribution in [-0.4, -0.2) is 78.6 Å². The molecular weight excluding hydrogens is 275 g/mol. The van der Waals surface area contributed by atoms with Gasteiger partial charge in [0.05, 0.1) is 7.82 Å². The van der Waals surface area contributed by atoms with Gasteiger partial charge in [-0.15, -0.1) is 0 Å². The molecule has 0 aliphatic carbocycles. The van der Waals surface area contributed by atoms with Gasteiger partial charge in [0.1, 0.15) is 0 Å². The first-order valence-corrected chi connectivity index (χ1v) is 4.93. The first kappa shape index (κ1) is 18.4. The summed E-state index contributed by atoms with van der Waals surface area (Å²) in [5.74, 6) is 0. The zero-order valence-electron chi connectivity index (χ0n) is 5.12. The Kier molecular flexibility index (Phi) is 11.9. The van der Waals surface area contributed by atoms with Crippen LogP contribution in [0.5, 0.6) is 0 Å². The van der Waals surface area contributed by atoms with Crippen LogP contribution in [0.25, 0.3) is 0 Å². The van der Waals surface area contributed by atoms with E-state index in [1.165, 1.54) is 0 Å². The quantitative estimate of drug-likeness (QED) is 0.217. The minimum Gasteiger partial charge on any atom is -0.790 e. The van der Waals surface area contributed by atoms with Crippen molar-refractivity contribution < 1.29 is 38.4 Å². The molecule has 11 heavy (non-hydrogen) atoms. The number of hydrogen-bond donors (Lipinski definition) is 5. The Morgan fingerprint density at radius 3 is 1.09 bits per heavy atom. The molecule has 8 nitrogen and oxygen atoms in total. The monoisotopic (exact) mass is 280 g/mol. The van der Waals surface area contributed by atoms with E-state index in [9.17, 15) is 0 Å². The summed E-state index contributed by atoms with van der Waals surface area (Å²) in [5, 5.41) is 0. The minimum absolute atomic E-state index is 0. The average Bonchev–Trinajstić information content (AvgIpc) is 1.12. The molecular formula is H5O8PSiSr. The molecule has 0 aromatic rings. The predicted octanol–water partition coefficient (Wildman–Crippen LogP) is -5.18. The smallest absolute Gasteiger partial charge is 0.790 e. The Bertz CT molecular complexity index is 106. The van der Waals surface area contributed by atoms with E-state index in [4.69, 9.17) is 38.4 Å². The second kappa shape index (κ2) is 7.09. The topological polar surface area (TPSA) is 164 Å². The Morgan fingerprint density at radius 1 is 1.09 bits per heavy atom. The molecule has 0 fully saturated rings. The van der Waals surface area contributed by atoms with E-state index in [0.29, 0.717) is 0 Å². The molecule has 0 aromatic heterocycles. The second-order valence-electron chi connectivity index (χ2n) is 1.07. The molecule has 0 atom stereocenters. The van der Waals surface area contributed by atoms with Crippen molar-refractivity contribution in [2.45, 2.75) is 0 Å². The summed E-state index contributed by atoms with van der Waals surface area (Å²) < 4.78 is 8.66. The molecule has 11 heteroatoms. The molecule has 0 radical (unpaired) electrons. The average molecular weight is 280 g/mol. The van der Waals surface area contributed by atoms with Gasteiger partial charge in [0.25, 0.3) is 0 Å². The van der Waals surface area contributed by atoms with Crippen molar-refractivity contribution in [1.82, 2.24) is 0 Å². The van der Waals surface area contributed by atoms with E-state index in [-0.39, 0.29) is 45.5 Å². The number of hydrogen-bond acceptors (Lipinski definition) is 7.